The van der Waals surface area contributed by atoms with Crippen LogP contribution in [0.4, 0.5) is 18.9 Å². The molecule has 0 radical (unpaired) electrons. The van der Waals surface area contributed by atoms with Gasteiger partial charge in [0.15, 0.2) is 11.4 Å². The first-order valence-corrected chi connectivity index (χ1v) is 10.3. The van der Waals surface area contributed by atoms with E-state index in [2.05, 4.69) is 15.3 Å². The van der Waals surface area contributed by atoms with Crippen LogP contribution >= 0.6 is 0 Å². The second-order valence-corrected chi connectivity index (χ2v) is 7.55. The zero-order valence-electron chi connectivity index (χ0n) is 17.8. The minimum atomic E-state index is -0.715. The molecule has 6 nitrogen and oxygen atoms in total. The number of hydrogen-bond acceptors (Lipinski definition) is 4. The molecule has 2 aromatic carbocycles. The number of anilines is 1. The van der Waals surface area contributed by atoms with Crippen LogP contribution < -0.4 is 10.1 Å². The Hall–Kier alpha value is -4.40. The van der Waals surface area contributed by atoms with Crippen molar-refractivity contribution in [1.82, 2.24) is 14.4 Å². The topological polar surface area (TPSA) is 68.5 Å². The molecule has 0 unspecified atom stereocenters. The van der Waals surface area contributed by atoms with Crippen molar-refractivity contribution in [2.45, 2.75) is 13.5 Å². The largest absolute Gasteiger partial charge is 0.485 e. The Kier molecular flexibility index (Phi) is 5.37. The smallest absolute Gasteiger partial charge is 0.274 e. The molecular weight excluding hydrogens is 445 g/mol. The van der Waals surface area contributed by atoms with Gasteiger partial charge >= 0.3 is 0 Å². The number of aromatic nitrogens is 3. The molecule has 0 saturated heterocycles. The quantitative estimate of drug-likeness (QED) is 0.378. The van der Waals surface area contributed by atoms with Crippen molar-refractivity contribution >= 4 is 28.1 Å². The van der Waals surface area contributed by atoms with Crippen LogP contribution in [0.1, 0.15) is 21.7 Å². The average Bonchev–Trinajstić information content (AvgIpc) is 3.16. The number of benzene rings is 2. The number of nitrogens with zero attached hydrogens (tertiary/aromatic N) is 3. The van der Waals surface area contributed by atoms with Gasteiger partial charge in [-0.1, -0.05) is 18.2 Å². The van der Waals surface area contributed by atoms with E-state index in [-0.39, 0.29) is 29.1 Å². The van der Waals surface area contributed by atoms with Gasteiger partial charge in [-0.15, -0.1) is 0 Å². The van der Waals surface area contributed by atoms with Crippen molar-refractivity contribution < 1.29 is 22.7 Å². The molecule has 1 amide bonds. The van der Waals surface area contributed by atoms with Crippen LogP contribution in [0.2, 0.25) is 0 Å². The number of carbonyl (C=O) groups is 1. The second kappa shape index (κ2) is 8.51. The lowest BCUT2D eigenvalue weighted by molar-refractivity contribution is 0.102. The molecule has 9 heteroatoms. The van der Waals surface area contributed by atoms with Gasteiger partial charge in [-0.25, -0.2) is 18.2 Å². The molecule has 0 aliphatic rings. The second-order valence-electron chi connectivity index (χ2n) is 7.55. The van der Waals surface area contributed by atoms with E-state index < -0.39 is 23.4 Å². The summed E-state index contributed by atoms with van der Waals surface area (Å²) in [5, 5.41) is 3.25. The third kappa shape index (κ3) is 3.71. The van der Waals surface area contributed by atoms with Gasteiger partial charge < -0.3 is 10.1 Å². The third-order valence-corrected chi connectivity index (χ3v) is 5.41. The van der Waals surface area contributed by atoms with Gasteiger partial charge in [0.1, 0.15) is 35.3 Å². The monoisotopic (exact) mass is 462 g/mol. The Morgan fingerprint density at radius 2 is 1.74 bits per heavy atom. The van der Waals surface area contributed by atoms with Crippen LogP contribution in [0.25, 0.3) is 16.6 Å². The number of rotatable bonds is 5. The summed E-state index contributed by atoms with van der Waals surface area (Å²) in [6.07, 6.45) is 3.04. The summed E-state index contributed by atoms with van der Waals surface area (Å²) in [5.74, 6) is -2.14. The molecule has 0 spiro atoms. The van der Waals surface area contributed by atoms with Gasteiger partial charge in [-0.3, -0.25) is 14.2 Å². The fraction of sp³-hybridized carbons (Fsp3) is 0.0800. The van der Waals surface area contributed by atoms with Crippen LogP contribution in [0.15, 0.2) is 67.0 Å². The Morgan fingerprint density at radius 3 is 2.53 bits per heavy atom. The minimum absolute atomic E-state index is 0.145. The highest BCUT2D eigenvalue weighted by molar-refractivity contribution is 6.08. The molecule has 0 aliphatic heterocycles. The Labute approximate surface area is 191 Å². The van der Waals surface area contributed by atoms with Crippen molar-refractivity contribution in [2.75, 3.05) is 5.32 Å². The Bertz CT molecular complexity index is 1550. The predicted molar refractivity (Wildman–Crippen MR) is 120 cm³/mol. The number of para-hydroxylation sites is 1. The maximum absolute atomic E-state index is 14.1. The van der Waals surface area contributed by atoms with Crippen molar-refractivity contribution in [3.05, 3.63) is 101 Å². The third-order valence-electron chi connectivity index (χ3n) is 5.41. The molecule has 0 saturated carbocycles. The maximum Gasteiger partial charge on any atom is 0.274 e. The molecule has 0 bridgehead atoms. The molecular formula is C25H17F3N4O2. The van der Waals surface area contributed by atoms with E-state index in [1.54, 1.807) is 37.4 Å². The van der Waals surface area contributed by atoms with Crippen LogP contribution in [-0.4, -0.2) is 20.3 Å². The van der Waals surface area contributed by atoms with Crippen molar-refractivity contribution in [3.8, 4) is 5.75 Å². The van der Waals surface area contributed by atoms with E-state index >= 15 is 0 Å². The first-order chi connectivity index (χ1) is 16.4. The van der Waals surface area contributed by atoms with Crippen LogP contribution in [-0.2, 0) is 6.61 Å². The number of pyridine rings is 2. The Balaban J connectivity index is 1.48. The number of nitrogens with one attached hydrogen (secondary N) is 1. The van der Waals surface area contributed by atoms with E-state index in [0.29, 0.717) is 22.4 Å². The summed E-state index contributed by atoms with van der Waals surface area (Å²) in [6.45, 7) is 1.31. The van der Waals surface area contributed by atoms with Gasteiger partial charge in [0, 0.05) is 17.8 Å². The number of hydrogen-bond donors (Lipinski definition) is 1. The van der Waals surface area contributed by atoms with Crippen molar-refractivity contribution in [2.24, 2.45) is 0 Å². The normalized spacial score (nSPS) is 11.2. The zero-order valence-corrected chi connectivity index (χ0v) is 17.8. The standard InChI is InChI=1S/C25H17F3N4O2/c1-14-23(25(33)31-20-10-11-29-22-15(20)5-2-8-19(22)28)32-12-4-9-21(24(32)30-14)34-13-16-17(26)6-3-7-18(16)27/h2-12H,13H2,1H3,(H,29,31,33). The minimum Gasteiger partial charge on any atom is -0.485 e. The molecule has 5 aromatic rings. The number of amides is 1. The molecule has 0 atom stereocenters. The molecule has 170 valence electrons. The lowest BCUT2D eigenvalue weighted by atomic mass is 10.1. The highest BCUT2D eigenvalue weighted by Gasteiger charge is 2.20. The number of ether oxygens (including phenoxy) is 1. The van der Waals surface area contributed by atoms with Crippen LogP contribution in [0.3, 0.4) is 0 Å². The maximum atomic E-state index is 14.1. The van der Waals surface area contributed by atoms with Gasteiger partial charge in [-0.05, 0) is 43.3 Å². The number of imidazole rings is 1. The van der Waals surface area contributed by atoms with Gasteiger partial charge in [-0.2, -0.15) is 0 Å². The highest BCUT2D eigenvalue weighted by atomic mass is 19.1. The highest BCUT2D eigenvalue weighted by Crippen LogP contribution is 2.27. The molecule has 5 rings (SSSR count). The summed E-state index contributed by atoms with van der Waals surface area (Å²) in [6, 6.07) is 12.9. The fourth-order valence-corrected chi connectivity index (χ4v) is 3.79. The fourth-order valence-electron chi connectivity index (χ4n) is 3.79. The van der Waals surface area contributed by atoms with E-state index in [1.165, 1.54) is 28.8 Å². The van der Waals surface area contributed by atoms with E-state index in [4.69, 9.17) is 4.74 Å². The molecule has 1 N–H and O–H groups in total. The first kappa shape index (κ1) is 21.4. The number of halogens is 3. The van der Waals surface area contributed by atoms with Crippen LogP contribution in [0.5, 0.6) is 5.75 Å². The van der Waals surface area contributed by atoms with Gasteiger partial charge in [0.2, 0.25) is 0 Å². The number of fused-ring (bicyclic) bond motifs is 2. The molecule has 0 fully saturated rings. The van der Waals surface area contributed by atoms with Crippen molar-refractivity contribution in [3.63, 3.8) is 0 Å². The van der Waals surface area contributed by atoms with E-state index in [1.807, 2.05) is 0 Å². The number of aryl methyl sites for hydroxylation is 1. The van der Waals surface area contributed by atoms with E-state index in [9.17, 15) is 18.0 Å². The summed E-state index contributed by atoms with van der Waals surface area (Å²) < 4.78 is 49.2. The summed E-state index contributed by atoms with van der Waals surface area (Å²) in [5.41, 5.74) is 1.29. The lowest BCUT2D eigenvalue weighted by Gasteiger charge is -2.11. The molecule has 3 heterocycles. The average molecular weight is 462 g/mol. The molecule has 0 aliphatic carbocycles. The molecule has 3 aromatic heterocycles. The SMILES string of the molecule is Cc1nc2c(OCc3c(F)cccc3F)cccn2c1C(=O)Nc1ccnc2c(F)cccc12. The molecule has 34 heavy (non-hydrogen) atoms. The number of carbonyl (C=O) groups excluding carboxylic acids is 1. The summed E-state index contributed by atoms with van der Waals surface area (Å²) >= 11 is 0. The van der Waals surface area contributed by atoms with Gasteiger partial charge in [0.05, 0.1) is 16.9 Å². The zero-order chi connectivity index (χ0) is 23.8. The summed E-state index contributed by atoms with van der Waals surface area (Å²) in [7, 11) is 0. The van der Waals surface area contributed by atoms with Crippen LogP contribution in [0, 0.1) is 24.4 Å². The predicted octanol–water partition coefficient (Wildman–Crippen LogP) is 5.44. The lowest BCUT2D eigenvalue weighted by Crippen LogP contribution is -2.16. The van der Waals surface area contributed by atoms with E-state index in [0.717, 1.165) is 12.1 Å². The Morgan fingerprint density at radius 1 is 1.00 bits per heavy atom. The van der Waals surface area contributed by atoms with Gasteiger partial charge in [0.25, 0.3) is 5.91 Å². The summed E-state index contributed by atoms with van der Waals surface area (Å²) in [4.78, 5) is 21.7. The first-order valence-electron chi connectivity index (χ1n) is 10.3. The van der Waals surface area contributed by atoms with Crippen molar-refractivity contribution in [1.29, 1.82) is 0 Å².